The summed E-state index contributed by atoms with van der Waals surface area (Å²) in [5.74, 6) is 0.287. The lowest BCUT2D eigenvalue weighted by Gasteiger charge is -2.01. The zero-order valence-corrected chi connectivity index (χ0v) is 13.1. The quantitative estimate of drug-likeness (QED) is 0.497. The molecule has 1 heterocycles. The van der Waals surface area contributed by atoms with Gasteiger partial charge in [-0.1, -0.05) is 42.8 Å². The van der Waals surface area contributed by atoms with E-state index in [9.17, 15) is 10.1 Å². The minimum Gasteiger partial charge on any atom is -0.435 e. The number of aryl methyl sites for hydroxylation is 1. The zero-order chi connectivity index (χ0) is 16.4. The molecule has 0 atom stereocenters. The van der Waals surface area contributed by atoms with Crippen LogP contribution in [-0.4, -0.2) is 9.91 Å². The largest absolute Gasteiger partial charge is 0.435 e. The molecule has 0 aliphatic carbocycles. The lowest BCUT2D eigenvalue weighted by atomic mass is 10.1. The van der Waals surface area contributed by atoms with Crippen LogP contribution in [0.5, 0.6) is 0 Å². The van der Waals surface area contributed by atoms with Crippen LogP contribution in [0.3, 0.4) is 0 Å². The van der Waals surface area contributed by atoms with Crippen LogP contribution in [0, 0.1) is 10.1 Å². The van der Waals surface area contributed by atoms with Gasteiger partial charge in [-0.25, -0.2) is 4.98 Å². The van der Waals surface area contributed by atoms with Gasteiger partial charge in [0, 0.05) is 11.6 Å². The maximum Gasteiger partial charge on any atom is 0.273 e. The van der Waals surface area contributed by atoms with E-state index in [0.29, 0.717) is 33.7 Å². The van der Waals surface area contributed by atoms with Crippen LogP contribution < -0.4 is 0 Å². The van der Waals surface area contributed by atoms with Gasteiger partial charge >= 0.3 is 0 Å². The molecule has 116 valence electrons. The van der Waals surface area contributed by atoms with Crippen molar-refractivity contribution in [1.29, 1.82) is 0 Å². The molecule has 3 rings (SSSR count). The highest BCUT2D eigenvalue weighted by atomic mass is 35.5. The molecule has 0 saturated carbocycles. The Kier molecular flexibility index (Phi) is 4.12. The summed E-state index contributed by atoms with van der Waals surface area (Å²) in [5.41, 5.74) is 2.75. The summed E-state index contributed by atoms with van der Waals surface area (Å²) in [6, 6.07) is 12.4. The van der Waals surface area contributed by atoms with Gasteiger partial charge in [0.15, 0.2) is 5.58 Å². The smallest absolute Gasteiger partial charge is 0.273 e. The van der Waals surface area contributed by atoms with Crippen molar-refractivity contribution >= 4 is 39.5 Å². The number of halogens is 1. The second-order valence-corrected chi connectivity index (χ2v) is 5.39. The molecule has 0 radical (unpaired) electrons. The van der Waals surface area contributed by atoms with Gasteiger partial charge in [-0.3, -0.25) is 10.1 Å². The van der Waals surface area contributed by atoms with Gasteiger partial charge in [0.25, 0.3) is 5.69 Å². The third kappa shape index (κ3) is 3.10. The summed E-state index contributed by atoms with van der Waals surface area (Å²) in [6.45, 7) is 1.88. The predicted molar refractivity (Wildman–Crippen MR) is 90.2 cm³/mol. The Morgan fingerprint density at radius 2 is 2.13 bits per heavy atom. The first-order valence-electron chi connectivity index (χ1n) is 7.09. The molecular formula is C17H13ClN2O3. The Morgan fingerprint density at radius 1 is 1.35 bits per heavy atom. The van der Waals surface area contributed by atoms with Crippen molar-refractivity contribution in [1.82, 2.24) is 4.98 Å². The fourth-order valence-corrected chi connectivity index (χ4v) is 2.53. The van der Waals surface area contributed by atoms with Crippen LogP contribution in [0.15, 0.2) is 46.9 Å². The van der Waals surface area contributed by atoms with Crippen molar-refractivity contribution in [2.45, 2.75) is 13.3 Å². The topological polar surface area (TPSA) is 69.2 Å². The van der Waals surface area contributed by atoms with Crippen molar-refractivity contribution in [2.24, 2.45) is 0 Å². The molecule has 0 amide bonds. The molecule has 0 N–H and O–H groups in total. The first-order valence-corrected chi connectivity index (χ1v) is 7.46. The van der Waals surface area contributed by atoms with Crippen molar-refractivity contribution in [3.8, 4) is 0 Å². The Balaban J connectivity index is 2.00. The van der Waals surface area contributed by atoms with Crippen LogP contribution in [-0.2, 0) is 6.42 Å². The van der Waals surface area contributed by atoms with Gasteiger partial charge in [0.1, 0.15) is 10.5 Å². The van der Waals surface area contributed by atoms with Crippen molar-refractivity contribution in [3.05, 3.63) is 69.6 Å². The molecule has 6 heteroatoms. The number of hydrogen-bond acceptors (Lipinski definition) is 4. The molecule has 0 saturated heterocycles. The fourth-order valence-electron chi connectivity index (χ4n) is 2.32. The summed E-state index contributed by atoms with van der Waals surface area (Å²) < 4.78 is 5.58. The lowest BCUT2D eigenvalue weighted by Crippen LogP contribution is -1.94. The predicted octanol–water partition coefficient (Wildman–Crippen LogP) is 5.04. The van der Waals surface area contributed by atoms with E-state index in [1.165, 1.54) is 6.07 Å². The highest BCUT2D eigenvalue weighted by molar-refractivity contribution is 6.50. The number of nitro benzene ring substituents is 1. The van der Waals surface area contributed by atoms with Gasteiger partial charge in [0.2, 0.25) is 5.89 Å². The maximum absolute atomic E-state index is 11.1. The Morgan fingerprint density at radius 3 is 2.83 bits per heavy atom. The molecule has 0 fully saturated rings. The van der Waals surface area contributed by atoms with E-state index in [4.69, 9.17) is 16.0 Å². The number of benzene rings is 2. The molecule has 1 aromatic heterocycles. The minimum atomic E-state index is -0.385. The summed E-state index contributed by atoms with van der Waals surface area (Å²) >= 11 is 6.25. The van der Waals surface area contributed by atoms with Crippen LogP contribution in [0.1, 0.15) is 23.9 Å². The lowest BCUT2D eigenvalue weighted by molar-refractivity contribution is -0.385. The minimum absolute atomic E-state index is 0.0864. The number of nitro groups is 1. The van der Waals surface area contributed by atoms with Crippen molar-refractivity contribution in [2.75, 3.05) is 0 Å². The van der Waals surface area contributed by atoms with Crippen molar-refractivity contribution in [3.63, 3.8) is 0 Å². The number of fused-ring (bicyclic) bond motifs is 1. The van der Waals surface area contributed by atoms with Crippen LogP contribution in [0.4, 0.5) is 5.69 Å². The average Bonchev–Trinajstić information content (AvgIpc) is 2.99. The molecule has 0 spiro atoms. The fraction of sp³-hybridized carbons (Fsp3) is 0.118. The van der Waals surface area contributed by atoms with E-state index in [1.54, 1.807) is 24.3 Å². The van der Waals surface area contributed by atoms with E-state index >= 15 is 0 Å². The third-order valence-electron chi connectivity index (χ3n) is 3.48. The molecule has 5 nitrogen and oxygen atoms in total. The molecule has 23 heavy (non-hydrogen) atoms. The number of para-hydroxylation sites is 2. The standard InChI is InChI=1S/C17H13ClN2O3/c1-2-12-8-7-11(10-15(12)20(21)22)9-13(18)17-19-14-5-3-4-6-16(14)23-17/h3-10H,2H2,1H3/b13-9-. The van der Waals surface area contributed by atoms with E-state index < -0.39 is 0 Å². The zero-order valence-electron chi connectivity index (χ0n) is 12.3. The Hall–Kier alpha value is -2.66. The summed E-state index contributed by atoms with van der Waals surface area (Å²) in [4.78, 5) is 15.0. The van der Waals surface area contributed by atoms with Crippen LogP contribution in [0.2, 0.25) is 0 Å². The molecule has 3 aromatic rings. The Labute approximate surface area is 137 Å². The summed E-state index contributed by atoms with van der Waals surface area (Å²) in [5, 5.41) is 11.4. The maximum atomic E-state index is 11.1. The first kappa shape index (κ1) is 15.2. The van der Waals surface area contributed by atoms with Gasteiger partial charge in [-0.05, 0) is 30.2 Å². The van der Waals surface area contributed by atoms with Gasteiger partial charge in [-0.15, -0.1) is 0 Å². The first-order chi connectivity index (χ1) is 11.1. The van der Waals surface area contributed by atoms with Crippen LogP contribution in [0.25, 0.3) is 22.2 Å². The van der Waals surface area contributed by atoms with E-state index in [0.717, 1.165) is 0 Å². The van der Waals surface area contributed by atoms with Gasteiger partial charge in [-0.2, -0.15) is 0 Å². The molecule has 0 bridgehead atoms. The van der Waals surface area contributed by atoms with E-state index in [2.05, 4.69) is 4.98 Å². The van der Waals surface area contributed by atoms with Crippen LogP contribution >= 0.6 is 11.6 Å². The molecule has 0 aliphatic heterocycles. The summed E-state index contributed by atoms with van der Waals surface area (Å²) in [7, 11) is 0. The molecular weight excluding hydrogens is 316 g/mol. The summed E-state index contributed by atoms with van der Waals surface area (Å²) in [6.07, 6.45) is 2.21. The highest BCUT2D eigenvalue weighted by Crippen LogP contribution is 2.28. The number of hydrogen-bond donors (Lipinski definition) is 0. The second kappa shape index (κ2) is 6.22. The Bertz CT molecular complexity index is 882. The molecule has 0 unspecified atom stereocenters. The average molecular weight is 329 g/mol. The van der Waals surface area contributed by atoms with Crippen molar-refractivity contribution < 1.29 is 9.34 Å². The normalized spacial score (nSPS) is 11.8. The molecule has 0 aliphatic rings. The van der Waals surface area contributed by atoms with E-state index in [-0.39, 0.29) is 16.5 Å². The third-order valence-corrected chi connectivity index (χ3v) is 3.75. The number of nitrogens with zero attached hydrogens (tertiary/aromatic N) is 2. The number of aromatic nitrogens is 1. The number of rotatable bonds is 4. The SMILES string of the molecule is CCc1ccc(/C=C(\Cl)c2nc3ccccc3o2)cc1[N+](=O)[O-]. The number of oxazole rings is 1. The molecule has 2 aromatic carbocycles. The van der Waals surface area contributed by atoms with Gasteiger partial charge in [0.05, 0.1) is 4.92 Å². The van der Waals surface area contributed by atoms with E-state index in [1.807, 2.05) is 25.1 Å². The highest BCUT2D eigenvalue weighted by Gasteiger charge is 2.14. The second-order valence-electron chi connectivity index (χ2n) is 4.98. The van der Waals surface area contributed by atoms with Gasteiger partial charge < -0.3 is 4.42 Å². The monoisotopic (exact) mass is 328 g/mol.